The zero-order chi connectivity index (χ0) is 13.7. The highest BCUT2D eigenvalue weighted by Gasteiger charge is 2.43. The molecule has 0 aromatic rings. The van der Waals surface area contributed by atoms with E-state index in [1.165, 1.54) is 0 Å². The summed E-state index contributed by atoms with van der Waals surface area (Å²) >= 11 is 0. The largest absolute Gasteiger partial charge is 0.377 e. The molecule has 2 aliphatic heterocycles. The van der Waals surface area contributed by atoms with Gasteiger partial charge in [-0.2, -0.15) is 0 Å². The summed E-state index contributed by atoms with van der Waals surface area (Å²) in [7, 11) is 0. The molecule has 1 amide bonds. The molecule has 110 valence electrons. The molecule has 1 N–H and O–H groups in total. The van der Waals surface area contributed by atoms with E-state index in [0.717, 1.165) is 51.7 Å². The van der Waals surface area contributed by atoms with Crippen LogP contribution in [-0.4, -0.2) is 49.7 Å². The standard InChI is InChI=1S/C15H28N2O2/c1-3-5-15(6-8-16-9-7-15)14(18)17-10-11-19-12-13(17)4-2/h13,16H,3-12H2,1-2H3. The van der Waals surface area contributed by atoms with Gasteiger partial charge in [0.15, 0.2) is 0 Å². The van der Waals surface area contributed by atoms with Crippen LogP contribution in [0.4, 0.5) is 0 Å². The summed E-state index contributed by atoms with van der Waals surface area (Å²) in [5, 5.41) is 3.39. The summed E-state index contributed by atoms with van der Waals surface area (Å²) in [6.45, 7) is 8.48. The second-order valence-corrected chi connectivity index (χ2v) is 5.92. The molecule has 0 aliphatic carbocycles. The van der Waals surface area contributed by atoms with Gasteiger partial charge in [0.25, 0.3) is 0 Å². The van der Waals surface area contributed by atoms with Gasteiger partial charge in [-0.15, -0.1) is 0 Å². The predicted octanol–water partition coefficient (Wildman–Crippen LogP) is 1.79. The van der Waals surface area contributed by atoms with Crippen LogP contribution in [-0.2, 0) is 9.53 Å². The highest BCUT2D eigenvalue weighted by molar-refractivity contribution is 5.83. The molecule has 1 unspecified atom stereocenters. The van der Waals surface area contributed by atoms with Gasteiger partial charge in [-0.3, -0.25) is 4.79 Å². The van der Waals surface area contributed by atoms with Crippen LogP contribution >= 0.6 is 0 Å². The fraction of sp³-hybridized carbons (Fsp3) is 0.933. The molecule has 2 rings (SSSR count). The van der Waals surface area contributed by atoms with E-state index in [1.807, 2.05) is 0 Å². The number of carbonyl (C=O) groups is 1. The van der Waals surface area contributed by atoms with E-state index >= 15 is 0 Å². The second-order valence-electron chi connectivity index (χ2n) is 5.92. The maximum absolute atomic E-state index is 13.1. The van der Waals surface area contributed by atoms with Gasteiger partial charge >= 0.3 is 0 Å². The Balaban J connectivity index is 2.13. The van der Waals surface area contributed by atoms with E-state index in [2.05, 4.69) is 24.1 Å². The van der Waals surface area contributed by atoms with Gasteiger partial charge in [-0.25, -0.2) is 0 Å². The van der Waals surface area contributed by atoms with Gasteiger partial charge in [0, 0.05) is 6.54 Å². The van der Waals surface area contributed by atoms with Crippen LogP contribution in [0.15, 0.2) is 0 Å². The van der Waals surface area contributed by atoms with Gasteiger partial charge in [-0.1, -0.05) is 20.3 Å². The zero-order valence-corrected chi connectivity index (χ0v) is 12.4. The summed E-state index contributed by atoms with van der Waals surface area (Å²) in [4.78, 5) is 15.2. The Labute approximate surface area is 116 Å². The minimum absolute atomic E-state index is 0.106. The quantitative estimate of drug-likeness (QED) is 0.845. The number of hydrogen-bond acceptors (Lipinski definition) is 3. The Morgan fingerprint density at radius 1 is 1.37 bits per heavy atom. The van der Waals surface area contributed by atoms with Crippen LogP contribution in [0, 0.1) is 5.41 Å². The van der Waals surface area contributed by atoms with Gasteiger partial charge in [0.2, 0.25) is 5.91 Å². The number of rotatable bonds is 4. The monoisotopic (exact) mass is 268 g/mol. The Hall–Kier alpha value is -0.610. The van der Waals surface area contributed by atoms with Crippen molar-refractivity contribution in [1.29, 1.82) is 0 Å². The third kappa shape index (κ3) is 3.11. The summed E-state index contributed by atoms with van der Waals surface area (Å²) in [5.74, 6) is 0.394. The minimum Gasteiger partial charge on any atom is -0.377 e. The Morgan fingerprint density at radius 2 is 2.11 bits per heavy atom. The van der Waals surface area contributed by atoms with Crippen LogP contribution < -0.4 is 5.32 Å². The van der Waals surface area contributed by atoms with E-state index in [-0.39, 0.29) is 11.5 Å². The first-order valence-corrected chi connectivity index (χ1v) is 7.83. The van der Waals surface area contributed by atoms with Gasteiger partial charge < -0.3 is 15.0 Å². The van der Waals surface area contributed by atoms with Crippen LogP contribution in [0.2, 0.25) is 0 Å². The first-order valence-electron chi connectivity index (χ1n) is 7.83. The molecule has 4 heteroatoms. The molecule has 2 fully saturated rings. The molecule has 19 heavy (non-hydrogen) atoms. The first kappa shape index (κ1) is 14.8. The Bertz CT molecular complexity index is 295. The van der Waals surface area contributed by atoms with Gasteiger partial charge in [0.05, 0.1) is 24.7 Å². The minimum atomic E-state index is -0.106. The number of nitrogens with one attached hydrogen (secondary N) is 1. The van der Waals surface area contributed by atoms with Gasteiger partial charge in [-0.05, 0) is 38.8 Å². The van der Waals surface area contributed by atoms with Crippen LogP contribution in [0.1, 0.15) is 46.0 Å². The van der Waals surface area contributed by atoms with E-state index in [4.69, 9.17) is 4.74 Å². The molecule has 0 saturated carbocycles. The van der Waals surface area contributed by atoms with Gasteiger partial charge in [0.1, 0.15) is 0 Å². The molecular weight excluding hydrogens is 240 g/mol. The van der Waals surface area contributed by atoms with E-state index in [9.17, 15) is 4.79 Å². The molecule has 2 saturated heterocycles. The predicted molar refractivity (Wildman–Crippen MR) is 76.1 cm³/mol. The number of hydrogen-bond donors (Lipinski definition) is 1. The van der Waals surface area contributed by atoms with Crippen molar-refractivity contribution in [2.24, 2.45) is 5.41 Å². The molecule has 4 nitrogen and oxygen atoms in total. The van der Waals surface area contributed by atoms with Crippen molar-refractivity contribution in [3.63, 3.8) is 0 Å². The van der Waals surface area contributed by atoms with Crippen LogP contribution in [0.25, 0.3) is 0 Å². The molecule has 0 aromatic carbocycles. The highest BCUT2D eigenvalue weighted by atomic mass is 16.5. The lowest BCUT2D eigenvalue weighted by molar-refractivity contribution is -0.153. The van der Waals surface area contributed by atoms with E-state index in [0.29, 0.717) is 19.1 Å². The SMILES string of the molecule is CCCC1(C(=O)N2CCOCC2CC)CCNCC1. The molecule has 0 spiro atoms. The summed E-state index contributed by atoms with van der Waals surface area (Å²) < 4.78 is 5.53. The number of nitrogens with zero attached hydrogens (tertiary/aromatic N) is 1. The fourth-order valence-electron chi connectivity index (χ4n) is 3.52. The summed E-state index contributed by atoms with van der Waals surface area (Å²) in [6, 6.07) is 0.282. The second kappa shape index (κ2) is 6.71. The van der Waals surface area contributed by atoms with Crippen molar-refractivity contribution >= 4 is 5.91 Å². The molecule has 0 radical (unpaired) electrons. The smallest absolute Gasteiger partial charge is 0.229 e. The zero-order valence-electron chi connectivity index (χ0n) is 12.4. The first-order chi connectivity index (χ1) is 9.23. The lowest BCUT2D eigenvalue weighted by Gasteiger charge is -2.44. The maximum Gasteiger partial charge on any atom is 0.229 e. The Kier molecular flexibility index (Phi) is 5.22. The van der Waals surface area contributed by atoms with Crippen molar-refractivity contribution in [1.82, 2.24) is 10.2 Å². The number of ether oxygens (including phenoxy) is 1. The fourth-order valence-corrected chi connectivity index (χ4v) is 3.52. The van der Waals surface area contributed by atoms with Crippen molar-refractivity contribution < 1.29 is 9.53 Å². The molecule has 0 aromatic heterocycles. The number of carbonyl (C=O) groups excluding carboxylic acids is 1. The molecule has 2 aliphatic rings. The molecule has 2 heterocycles. The number of piperidine rings is 1. The maximum atomic E-state index is 13.1. The van der Waals surface area contributed by atoms with Crippen LogP contribution in [0.5, 0.6) is 0 Å². The van der Waals surface area contributed by atoms with Crippen molar-refractivity contribution in [3.8, 4) is 0 Å². The normalized spacial score (nSPS) is 27.3. The topological polar surface area (TPSA) is 41.6 Å². The average molecular weight is 268 g/mol. The molecule has 1 atom stereocenters. The van der Waals surface area contributed by atoms with Crippen LogP contribution in [0.3, 0.4) is 0 Å². The van der Waals surface area contributed by atoms with Crippen molar-refractivity contribution in [2.45, 2.75) is 52.0 Å². The van der Waals surface area contributed by atoms with E-state index < -0.39 is 0 Å². The van der Waals surface area contributed by atoms with Crippen molar-refractivity contribution in [3.05, 3.63) is 0 Å². The third-order valence-corrected chi connectivity index (χ3v) is 4.70. The Morgan fingerprint density at radius 3 is 2.74 bits per heavy atom. The highest BCUT2D eigenvalue weighted by Crippen LogP contribution is 2.37. The molecular formula is C15H28N2O2. The third-order valence-electron chi connectivity index (χ3n) is 4.70. The number of morpholine rings is 1. The lowest BCUT2D eigenvalue weighted by atomic mass is 9.74. The summed E-state index contributed by atoms with van der Waals surface area (Å²) in [6.07, 6.45) is 5.10. The van der Waals surface area contributed by atoms with E-state index in [1.54, 1.807) is 0 Å². The average Bonchev–Trinajstić information content (AvgIpc) is 2.47. The molecule has 0 bridgehead atoms. The number of amides is 1. The lowest BCUT2D eigenvalue weighted by Crippen LogP contribution is -2.56. The summed E-state index contributed by atoms with van der Waals surface area (Å²) in [5.41, 5.74) is -0.106. The van der Waals surface area contributed by atoms with Crippen molar-refractivity contribution in [2.75, 3.05) is 32.8 Å².